The zero-order valence-electron chi connectivity index (χ0n) is 9.77. The van der Waals surface area contributed by atoms with E-state index in [-0.39, 0.29) is 11.8 Å². The Morgan fingerprint density at radius 1 is 1.41 bits per heavy atom. The average molecular weight is 277 g/mol. The van der Waals surface area contributed by atoms with Crippen LogP contribution < -0.4 is 4.72 Å². The quantitative estimate of drug-likeness (QED) is 0.769. The largest absolute Gasteiger partial charge is 0.265 e. The van der Waals surface area contributed by atoms with Gasteiger partial charge < -0.3 is 0 Å². The minimum Gasteiger partial charge on any atom is -0.265 e. The lowest BCUT2D eigenvalue weighted by atomic mass is 10.2. The minimum absolute atomic E-state index is 0.0869. The van der Waals surface area contributed by atoms with Crippen molar-refractivity contribution in [2.75, 3.05) is 11.6 Å². The Hall–Kier alpha value is -0.650. The Morgan fingerprint density at radius 3 is 2.65 bits per heavy atom. The zero-order valence-corrected chi connectivity index (χ0v) is 11.3. The molecule has 0 amide bonds. The van der Waals surface area contributed by atoms with Gasteiger partial charge in [0.2, 0.25) is 10.0 Å². The van der Waals surface area contributed by atoms with Crippen molar-refractivity contribution in [2.24, 2.45) is 0 Å². The summed E-state index contributed by atoms with van der Waals surface area (Å²) in [5.41, 5.74) is 0.968. The van der Waals surface area contributed by atoms with Crippen LogP contribution in [0.3, 0.4) is 0 Å². The molecule has 0 bridgehead atoms. The van der Waals surface area contributed by atoms with E-state index in [0.29, 0.717) is 18.7 Å². The first-order valence-corrected chi connectivity index (χ1v) is 7.67. The monoisotopic (exact) mass is 276 g/mol. The van der Waals surface area contributed by atoms with Crippen molar-refractivity contribution in [1.82, 2.24) is 9.71 Å². The molecule has 0 fully saturated rings. The Bertz CT molecular complexity index is 422. The third kappa shape index (κ3) is 6.00. The number of hydrogen-bond acceptors (Lipinski definition) is 3. The highest BCUT2D eigenvalue weighted by Gasteiger charge is 2.13. The Balaban J connectivity index is 2.45. The summed E-state index contributed by atoms with van der Waals surface area (Å²) < 4.78 is 26.0. The van der Waals surface area contributed by atoms with Gasteiger partial charge in [-0.05, 0) is 37.5 Å². The molecule has 1 N–H and O–H groups in total. The Labute approximate surface area is 107 Å². The number of nitrogens with one attached hydrogen (secondary N) is 1. The number of aryl methyl sites for hydroxylation is 1. The molecule has 96 valence electrons. The SMILES string of the molecule is CC(CCCl)NS(=O)(=O)CCc1ccncc1. The van der Waals surface area contributed by atoms with Gasteiger partial charge in [-0.3, -0.25) is 4.98 Å². The predicted molar refractivity (Wildman–Crippen MR) is 69.7 cm³/mol. The molecule has 1 unspecified atom stereocenters. The summed E-state index contributed by atoms with van der Waals surface area (Å²) in [6, 6.07) is 3.52. The topological polar surface area (TPSA) is 59.1 Å². The molecule has 0 aliphatic carbocycles. The minimum atomic E-state index is -3.23. The van der Waals surface area contributed by atoms with Crippen LogP contribution >= 0.6 is 11.6 Å². The molecule has 0 aliphatic rings. The van der Waals surface area contributed by atoms with Gasteiger partial charge in [0.25, 0.3) is 0 Å². The summed E-state index contributed by atoms with van der Waals surface area (Å²) in [5.74, 6) is 0.539. The first kappa shape index (κ1) is 14.4. The van der Waals surface area contributed by atoms with Crippen LogP contribution in [0.4, 0.5) is 0 Å². The molecule has 6 heteroatoms. The first-order valence-electron chi connectivity index (χ1n) is 5.48. The molecule has 1 heterocycles. The molecule has 0 spiro atoms. The maximum Gasteiger partial charge on any atom is 0.212 e. The standard InChI is InChI=1S/C11H17ClN2O2S/c1-10(2-6-12)14-17(15,16)9-5-11-3-7-13-8-4-11/h3-4,7-8,10,14H,2,5-6,9H2,1H3. The van der Waals surface area contributed by atoms with Crippen LogP contribution in [0.5, 0.6) is 0 Å². The van der Waals surface area contributed by atoms with Crippen molar-refractivity contribution >= 4 is 21.6 Å². The molecule has 1 aromatic heterocycles. The van der Waals surface area contributed by atoms with Gasteiger partial charge in [-0.25, -0.2) is 13.1 Å². The van der Waals surface area contributed by atoms with Crippen molar-refractivity contribution in [3.8, 4) is 0 Å². The van der Waals surface area contributed by atoms with E-state index < -0.39 is 10.0 Å². The first-order chi connectivity index (χ1) is 8.03. The smallest absolute Gasteiger partial charge is 0.212 e. The lowest BCUT2D eigenvalue weighted by Crippen LogP contribution is -2.35. The summed E-state index contributed by atoms with van der Waals surface area (Å²) in [4.78, 5) is 3.88. The van der Waals surface area contributed by atoms with Gasteiger partial charge in [0.1, 0.15) is 0 Å². The number of nitrogens with zero attached hydrogens (tertiary/aromatic N) is 1. The van der Waals surface area contributed by atoms with Gasteiger partial charge in [-0.15, -0.1) is 11.6 Å². The summed E-state index contributed by atoms with van der Waals surface area (Å²) >= 11 is 5.56. The van der Waals surface area contributed by atoms with Gasteiger partial charge in [0.15, 0.2) is 0 Å². The van der Waals surface area contributed by atoms with E-state index in [4.69, 9.17) is 11.6 Å². The summed E-state index contributed by atoms with van der Waals surface area (Å²) in [6.07, 6.45) is 4.44. The van der Waals surface area contributed by atoms with E-state index in [1.807, 2.05) is 19.1 Å². The predicted octanol–water partition coefficient (Wildman–Crippen LogP) is 1.56. The fourth-order valence-electron chi connectivity index (χ4n) is 1.39. The van der Waals surface area contributed by atoms with Crippen molar-refractivity contribution < 1.29 is 8.42 Å². The molecule has 0 aliphatic heterocycles. The van der Waals surface area contributed by atoms with E-state index >= 15 is 0 Å². The number of sulfonamides is 1. The lowest BCUT2D eigenvalue weighted by Gasteiger charge is -2.12. The summed E-state index contributed by atoms with van der Waals surface area (Å²) in [5, 5.41) is 0. The van der Waals surface area contributed by atoms with Gasteiger partial charge in [0.05, 0.1) is 5.75 Å². The molecule has 0 saturated carbocycles. The molecule has 4 nitrogen and oxygen atoms in total. The van der Waals surface area contributed by atoms with Crippen LogP contribution in [-0.2, 0) is 16.4 Å². The highest BCUT2D eigenvalue weighted by atomic mass is 35.5. The molecule has 0 saturated heterocycles. The number of alkyl halides is 1. The van der Waals surface area contributed by atoms with Crippen molar-refractivity contribution in [2.45, 2.75) is 25.8 Å². The summed E-state index contributed by atoms with van der Waals surface area (Å²) in [6.45, 7) is 1.81. The second-order valence-corrected chi connectivity index (χ2v) is 6.17. The molecule has 1 atom stereocenters. The maximum atomic E-state index is 11.7. The Morgan fingerprint density at radius 2 is 2.06 bits per heavy atom. The molecule has 1 aromatic rings. The van der Waals surface area contributed by atoms with Gasteiger partial charge >= 0.3 is 0 Å². The number of hydrogen-bond donors (Lipinski definition) is 1. The van der Waals surface area contributed by atoms with Crippen LogP contribution in [0.2, 0.25) is 0 Å². The molecule has 17 heavy (non-hydrogen) atoms. The number of rotatable bonds is 7. The lowest BCUT2D eigenvalue weighted by molar-refractivity contribution is 0.556. The Kier molecular flexibility index (Phi) is 5.88. The zero-order chi connectivity index (χ0) is 12.7. The van der Waals surface area contributed by atoms with E-state index in [1.165, 1.54) is 0 Å². The highest BCUT2D eigenvalue weighted by Crippen LogP contribution is 2.02. The fourth-order valence-corrected chi connectivity index (χ4v) is 3.07. The van der Waals surface area contributed by atoms with Crippen molar-refractivity contribution in [3.63, 3.8) is 0 Å². The molecule has 0 radical (unpaired) electrons. The van der Waals surface area contributed by atoms with E-state index in [1.54, 1.807) is 12.4 Å². The second-order valence-electron chi connectivity index (χ2n) is 3.92. The van der Waals surface area contributed by atoms with Gasteiger partial charge in [-0.2, -0.15) is 0 Å². The third-order valence-electron chi connectivity index (χ3n) is 2.33. The maximum absolute atomic E-state index is 11.7. The molecular formula is C11H17ClN2O2S. The van der Waals surface area contributed by atoms with Crippen molar-refractivity contribution in [1.29, 1.82) is 0 Å². The second kappa shape index (κ2) is 6.93. The van der Waals surface area contributed by atoms with Crippen LogP contribution in [0, 0.1) is 0 Å². The number of halogens is 1. The fraction of sp³-hybridized carbons (Fsp3) is 0.545. The molecule has 1 rings (SSSR count). The van der Waals surface area contributed by atoms with Crippen LogP contribution in [-0.4, -0.2) is 31.1 Å². The molecule has 0 aromatic carbocycles. The van der Waals surface area contributed by atoms with Crippen LogP contribution in [0.25, 0.3) is 0 Å². The number of aromatic nitrogens is 1. The highest BCUT2D eigenvalue weighted by molar-refractivity contribution is 7.89. The normalized spacial score (nSPS) is 13.5. The molecular weight excluding hydrogens is 260 g/mol. The van der Waals surface area contributed by atoms with Gasteiger partial charge in [-0.1, -0.05) is 0 Å². The van der Waals surface area contributed by atoms with Crippen molar-refractivity contribution in [3.05, 3.63) is 30.1 Å². The van der Waals surface area contributed by atoms with Gasteiger partial charge in [0, 0.05) is 24.3 Å². The van der Waals surface area contributed by atoms with Crippen LogP contribution in [0.1, 0.15) is 18.9 Å². The van der Waals surface area contributed by atoms with Crippen LogP contribution in [0.15, 0.2) is 24.5 Å². The average Bonchev–Trinajstić information content (AvgIpc) is 2.27. The van der Waals surface area contributed by atoms with E-state index in [2.05, 4.69) is 9.71 Å². The van der Waals surface area contributed by atoms with E-state index in [0.717, 1.165) is 5.56 Å². The summed E-state index contributed by atoms with van der Waals surface area (Å²) in [7, 11) is -3.23. The third-order valence-corrected chi connectivity index (χ3v) is 4.05. The van der Waals surface area contributed by atoms with E-state index in [9.17, 15) is 8.42 Å². The number of pyridine rings is 1.